The normalized spacial score (nSPS) is 15.5. The second-order valence-electron chi connectivity index (χ2n) is 8.37. The molecule has 1 aliphatic rings. The number of hydrazone groups is 1. The number of phenolic OH excluding ortho intramolecular Hbond substituents is 1. The Bertz CT molecular complexity index is 1350. The van der Waals surface area contributed by atoms with Gasteiger partial charge in [0, 0.05) is 17.2 Å². The molecule has 0 saturated carbocycles. The number of carbonyl (C=O) groups excluding carboxylic acids is 2. The van der Waals surface area contributed by atoms with E-state index < -0.39 is 29.0 Å². The molecule has 0 saturated heterocycles. The van der Waals surface area contributed by atoms with E-state index in [9.17, 15) is 19.1 Å². The number of methoxy groups -OCH3 is 1. The number of halogens is 1. The average molecular weight is 540 g/mol. The molecule has 3 aromatic rings. The van der Waals surface area contributed by atoms with E-state index in [0.29, 0.717) is 21.9 Å². The largest absolute Gasteiger partial charge is 0.507 e. The highest BCUT2D eigenvalue weighted by Crippen LogP contribution is 2.47. The van der Waals surface area contributed by atoms with Gasteiger partial charge in [-0.1, -0.05) is 36.0 Å². The van der Waals surface area contributed by atoms with Gasteiger partial charge >= 0.3 is 0 Å². The van der Waals surface area contributed by atoms with Gasteiger partial charge in [-0.2, -0.15) is 5.10 Å². The first-order valence-corrected chi connectivity index (χ1v) is 12.5. The lowest BCUT2D eigenvalue weighted by Crippen LogP contribution is -2.38. The monoisotopic (exact) mass is 539 g/mol. The highest BCUT2D eigenvalue weighted by molar-refractivity contribution is 8.14. The Balaban J connectivity index is 1.69. The number of phenols is 1. The fourth-order valence-electron chi connectivity index (χ4n) is 3.74. The van der Waals surface area contributed by atoms with Crippen molar-refractivity contribution in [3.63, 3.8) is 0 Å². The van der Waals surface area contributed by atoms with Crippen LogP contribution < -0.4 is 14.8 Å². The molecule has 0 radical (unpaired) electrons. The first-order valence-electron chi connectivity index (χ1n) is 11.6. The molecule has 0 unspecified atom stereocenters. The first-order chi connectivity index (χ1) is 18.3. The van der Waals surface area contributed by atoms with Gasteiger partial charge in [0.15, 0.2) is 18.1 Å². The van der Waals surface area contributed by atoms with Crippen LogP contribution in [0.1, 0.15) is 33.8 Å². The Morgan fingerprint density at radius 3 is 2.55 bits per heavy atom. The fraction of sp³-hybridized carbons (Fsp3) is 0.222. The van der Waals surface area contributed by atoms with Crippen LogP contribution in [-0.4, -0.2) is 58.4 Å². The lowest BCUT2D eigenvalue weighted by Gasteiger charge is -2.24. The van der Waals surface area contributed by atoms with E-state index in [1.807, 2.05) is 0 Å². The highest BCUT2D eigenvalue weighted by Gasteiger charge is 2.37. The van der Waals surface area contributed by atoms with Gasteiger partial charge in [0.1, 0.15) is 22.0 Å². The molecule has 2 amide bonds. The van der Waals surface area contributed by atoms with Gasteiger partial charge in [0.05, 0.1) is 19.3 Å². The Hall–Kier alpha value is -4.09. The third-order valence-electron chi connectivity index (χ3n) is 5.60. The highest BCUT2D eigenvalue weighted by atomic mass is 32.2. The Labute approximate surface area is 222 Å². The fourth-order valence-corrected chi connectivity index (χ4v) is 4.91. The van der Waals surface area contributed by atoms with Crippen molar-refractivity contribution in [1.82, 2.24) is 10.3 Å². The lowest BCUT2D eigenvalue weighted by molar-refractivity contribution is -0.124. The molecule has 38 heavy (non-hydrogen) atoms. The SMILES string of the molecule is COc1c(OCC(=O)N[C@@H](C)CO)cccc1[C@H]1SC(c2ccc(F)cc2)=NN1C(=O)c1ccccc1O. The predicted molar refractivity (Wildman–Crippen MR) is 141 cm³/mol. The summed E-state index contributed by atoms with van der Waals surface area (Å²) in [6.07, 6.45) is 0. The average Bonchev–Trinajstić information content (AvgIpc) is 3.37. The molecule has 9 nitrogen and oxygen atoms in total. The van der Waals surface area contributed by atoms with Crippen LogP contribution in [0.25, 0.3) is 0 Å². The third kappa shape index (κ3) is 5.90. The number of carbonyl (C=O) groups is 2. The summed E-state index contributed by atoms with van der Waals surface area (Å²) in [6, 6.07) is 16.5. The number of para-hydroxylation sites is 2. The van der Waals surface area contributed by atoms with Crippen LogP contribution in [0.3, 0.4) is 0 Å². The number of hydrogen-bond acceptors (Lipinski definition) is 8. The van der Waals surface area contributed by atoms with Crippen molar-refractivity contribution in [2.45, 2.75) is 18.3 Å². The molecule has 0 spiro atoms. The second kappa shape index (κ2) is 12.0. The summed E-state index contributed by atoms with van der Waals surface area (Å²) in [5.41, 5.74) is 1.20. The van der Waals surface area contributed by atoms with Gasteiger partial charge in [0.2, 0.25) is 0 Å². The minimum absolute atomic E-state index is 0.0586. The topological polar surface area (TPSA) is 121 Å². The van der Waals surface area contributed by atoms with E-state index in [1.165, 1.54) is 48.1 Å². The quantitative estimate of drug-likeness (QED) is 0.380. The van der Waals surface area contributed by atoms with Crippen LogP contribution in [-0.2, 0) is 4.79 Å². The third-order valence-corrected chi connectivity index (χ3v) is 6.81. The summed E-state index contributed by atoms with van der Waals surface area (Å²) in [5, 5.41) is 27.5. The number of rotatable bonds is 9. The number of amides is 2. The zero-order chi connectivity index (χ0) is 27.2. The van der Waals surface area contributed by atoms with Crippen molar-refractivity contribution < 1.29 is 33.7 Å². The molecular formula is C27H26FN3O6S. The van der Waals surface area contributed by atoms with E-state index in [1.54, 1.807) is 49.4 Å². The second-order valence-corrected chi connectivity index (χ2v) is 9.44. The maximum Gasteiger partial charge on any atom is 0.279 e. The molecule has 2 atom stereocenters. The number of aliphatic hydroxyl groups excluding tert-OH is 1. The van der Waals surface area contributed by atoms with Gasteiger partial charge in [-0.15, -0.1) is 0 Å². The molecule has 0 bridgehead atoms. The van der Waals surface area contributed by atoms with Crippen molar-refractivity contribution in [2.75, 3.05) is 20.3 Å². The standard InChI is InChI=1S/C27H26FN3O6S/c1-16(14-32)29-23(34)15-37-22-9-5-7-20(24(22)36-2)27-31(26(35)19-6-3-4-8-21(19)33)30-25(38-27)17-10-12-18(28)13-11-17/h3-13,16,27,32-33H,14-15H2,1-2H3,(H,29,34)/t16-,27+/m0/s1. The van der Waals surface area contributed by atoms with Crippen molar-refractivity contribution in [3.8, 4) is 17.2 Å². The van der Waals surface area contributed by atoms with Gasteiger partial charge < -0.3 is 25.0 Å². The maximum absolute atomic E-state index is 13.6. The molecule has 198 valence electrons. The number of ether oxygens (including phenoxy) is 2. The molecule has 1 heterocycles. The summed E-state index contributed by atoms with van der Waals surface area (Å²) in [6.45, 7) is 1.13. The van der Waals surface area contributed by atoms with E-state index >= 15 is 0 Å². The molecule has 0 aliphatic carbocycles. The van der Waals surface area contributed by atoms with Gasteiger partial charge in [-0.25, -0.2) is 9.40 Å². The maximum atomic E-state index is 13.6. The van der Waals surface area contributed by atoms with Crippen LogP contribution in [0.5, 0.6) is 17.2 Å². The molecule has 11 heteroatoms. The molecular weight excluding hydrogens is 513 g/mol. The van der Waals surface area contributed by atoms with Gasteiger partial charge in [-0.05, 0) is 49.4 Å². The van der Waals surface area contributed by atoms with Crippen molar-refractivity contribution >= 4 is 28.6 Å². The molecule has 3 N–H and O–H groups in total. The Morgan fingerprint density at radius 2 is 1.87 bits per heavy atom. The van der Waals surface area contributed by atoms with Gasteiger partial charge in [0.25, 0.3) is 11.8 Å². The summed E-state index contributed by atoms with van der Waals surface area (Å²) in [7, 11) is 1.44. The van der Waals surface area contributed by atoms with E-state index in [0.717, 1.165) is 0 Å². The van der Waals surface area contributed by atoms with Crippen LogP contribution in [0.4, 0.5) is 4.39 Å². The van der Waals surface area contributed by atoms with Gasteiger partial charge in [-0.3, -0.25) is 9.59 Å². The minimum Gasteiger partial charge on any atom is -0.507 e. The molecule has 0 aromatic heterocycles. The summed E-state index contributed by atoms with van der Waals surface area (Å²) < 4.78 is 24.9. The molecule has 3 aromatic carbocycles. The Morgan fingerprint density at radius 1 is 1.13 bits per heavy atom. The van der Waals surface area contributed by atoms with Crippen LogP contribution in [0.2, 0.25) is 0 Å². The molecule has 1 aliphatic heterocycles. The number of benzene rings is 3. The van der Waals surface area contributed by atoms with E-state index in [2.05, 4.69) is 10.4 Å². The number of hydrogen-bond donors (Lipinski definition) is 3. The number of aliphatic hydroxyl groups is 1. The number of nitrogens with zero attached hydrogens (tertiary/aromatic N) is 2. The van der Waals surface area contributed by atoms with Crippen molar-refractivity contribution in [1.29, 1.82) is 0 Å². The predicted octanol–water partition coefficient (Wildman–Crippen LogP) is 3.67. The zero-order valence-corrected chi connectivity index (χ0v) is 21.4. The van der Waals surface area contributed by atoms with E-state index in [4.69, 9.17) is 14.6 Å². The minimum atomic E-state index is -0.733. The Kier molecular flexibility index (Phi) is 8.49. The summed E-state index contributed by atoms with van der Waals surface area (Å²) >= 11 is 1.24. The number of nitrogens with one attached hydrogen (secondary N) is 1. The zero-order valence-electron chi connectivity index (χ0n) is 20.6. The first kappa shape index (κ1) is 27.0. The van der Waals surface area contributed by atoms with Crippen LogP contribution in [0, 0.1) is 5.82 Å². The number of thioether (sulfide) groups is 1. The summed E-state index contributed by atoms with van der Waals surface area (Å²) in [4.78, 5) is 25.7. The van der Waals surface area contributed by atoms with Crippen molar-refractivity contribution in [2.24, 2.45) is 5.10 Å². The van der Waals surface area contributed by atoms with E-state index in [-0.39, 0.29) is 30.3 Å². The van der Waals surface area contributed by atoms with Crippen LogP contribution >= 0.6 is 11.8 Å². The lowest BCUT2D eigenvalue weighted by atomic mass is 10.1. The summed E-state index contributed by atoms with van der Waals surface area (Å²) in [5.74, 6) is -1.02. The molecule has 4 rings (SSSR count). The van der Waals surface area contributed by atoms with Crippen LogP contribution in [0.15, 0.2) is 71.8 Å². The number of aromatic hydroxyl groups is 1. The molecule has 0 fully saturated rings. The van der Waals surface area contributed by atoms with Crippen molar-refractivity contribution in [3.05, 3.63) is 89.2 Å². The smallest absolute Gasteiger partial charge is 0.279 e.